The lowest BCUT2D eigenvalue weighted by molar-refractivity contribution is -0.137. The minimum absolute atomic E-state index is 0.00544. The van der Waals surface area contributed by atoms with E-state index in [4.69, 9.17) is 0 Å². The fraction of sp³-hybridized carbons (Fsp3) is 0.500. The van der Waals surface area contributed by atoms with E-state index in [0.29, 0.717) is 0 Å². The Balaban J connectivity index is 1.72. The highest BCUT2D eigenvalue weighted by molar-refractivity contribution is 9.12. The van der Waals surface area contributed by atoms with Crippen LogP contribution >= 0.6 is 31.9 Å². The van der Waals surface area contributed by atoms with Crippen molar-refractivity contribution in [2.24, 2.45) is 23.7 Å². The van der Waals surface area contributed by atoms with Crippen molar-refractivity contribution < 1.29 is 22.8 Å². The molecule has 3 aliphatic rings. The third kappa shape index (κ3) is 2.14. The molecule has 2 aliphatic carbocycles. The number of alkyl halides is 5. The van der Waals surface area contributed by atoms with Crippen LogP contribution < -0.4 is 4.90 Å². The lowest BCUT2D eigenvalue weighted by Gasteiger charge is -2.28. The van der Waals surface area contributed by atoms with E-state index in [-0.39, 0.29) is 39.0 Å². The number of imide groups is 1. The van der Waals surface area contributed by atoms with Gasteiger partial charge in [0.1, 0.15) is 0 Å². The normalized spacial score (nSPS) is 38.1. The van der Waals surface area contributed by atoms with Crippen LogP contribution in [0, 0.1) is 23.7 Å². The molecule has 0 radical (unpaired) electrons. The van der Waals surface area contributed by atoms with E-state index in [2.05, 4.69) is 31.9 Å². The zero-order chi connectivity index (χ0) is 17.4. The van der Waals surface area contributed by atoms with Gasteiger partial charge in [0.15, 0.2) is 0 Å². The molecule has 8 heteroatoms. The summed E-state index contributed by atoms with van der Waals surface area (Å²) in [5.41, 5.74) is -0.858. The van der Waals surface area contributed by atoms with Crippen LogP contribution in [0.5, 0.6) is 0 Å². The second-order valence-corrected chi connectivity index (χ2v) is 8.68. The van der Waals surface area contributed by atoms with Crippen LogP contribution in [0.1, 0.15) is 12.0 Å². The smallest absolute Gasteiger partial charge is 0.274 e. The van der Waals surface area contributed by atoms with Crippen molar-refractivity contribution in [3.05, 3.63) is 29.8 Å². The molecule has 1 aromatic carbocycles. The average Bonchev–Trinajstić information content (AvgIpc) is 3.12. The fourth-order valence-corrected chi connectivity index (χ4v) is 6.30. The minimum Gasteiger partial charge on any atom is -0.274 e. The molecule has 0 aromatic heterocycles. The SMILES string of the molecule is O=C1[C@@H]2[C@H]3C[C@@H]([C@@H](Br)[C@H]3Br)[C@H]2C(=O)N1c1cccc(C(F)(F)F)c1. The fourth-order valence-electron chi connectivity index (χ4n) is 4.42. The molecule has 6 atom stereocenters. The van der Waals surface area contributed by atoms with Gasteiger partial charge in [0.25, 0.3) is 0 Å². The maximum absolute atomic E-state index is 12.9. The van der Waals surface area contributed by atoms with Gasteiger partial charge in [0, 0.05) is 9.65 Å². The Kier molecular flexibility index (Phi) is 3.66. The average molecular weight is 467 g/mol. The summed E-state index contributed by atoms with van der Waals surface area (Å²) in [4.78, 5) is 26.7. The molecule has 2 bridgehead atoms. The number of halogens is 5. The third-order valence-electron chi connectivity index (χ3n) is 5.42. The number of nitrogens with zero attached hydrogens (tertiary/aromatic N) is 1. The van der Waals surface area contributed by atoms with Gasteiger partial charge in [-0.3, -0.25) is 14.5 Å². The summed E-state index contributed by atoms with van der Waals surface area (Å²) in [7, 11) is 0. The predicted octanol–water partition coefficient (Wildman–Crippen LogP) is 3.99. The quantitative estimate of drug-likeness (QED) is 0.463. The molecular weight excluding hydrogens is 455 g/mol. The van der Waals surface area contributed by atoms with Gasteiger partial charge in [-0.2, -0.15) is 13.2 Å². The summed E-state index contributed by atoms with van der Waals surface area (Å²) < 4.78 is 38.7. The maximum Gasteiger partial charge on any atom is 0.416 e. The van der Waals surface area contributed by atoms with Crippen molar-refractivity contribution >= 4 is 49.4 Å². The van der Waals surface area contributed by atoms with Crippen molar-refractivity contribution in [3.63, 3.8) is 0 Å². The van der Waals surface area contributed by atoms with E-state index in [0.717, 1.165) is 23.5 Å². The number of anilines is 1. The molecule has 0 unspecified atom stereocenters. The molecule has 24 heavy (non-hydrogen) atoms. The summed E-state index contributed by atoms with van der Waals surface area (Å²) in [6.07, 6.45) is -3.73. The molecule has 0 N–H and O–H groups in total. The molecule has 1 heterocycles. The van der Waals surface area contributed by atoms with Crippen LogP contribution in [-0.4, -0.2) is 21.5 Å². The molecule has 0 spiro atoms. The van der Waals surface area contributed by atoms with Crippen molar-refractivity contribution in [2.45, 2.75) is 22.3 Å². The highest BCUT2D eigenvalue weighted by atomic mass is 79.9. The number of hydrogen-bond donors (Lipinski definition) is 0. The van der Waals surface area contributed by atoms with Crippen LogP contribution in [0.3, 0.4) is 0 Å². The van der Waals surface area contributed by atoms with Crippen molar-refractivity contribution in [2.75, 3.05) is 4.90 Å². The first-order chi connectivity index (χ1) is 11.2. The molecule has 2 saturated carbocycles. The summed E-state index contributed by atoms with van der Waals surface area (Å²) >= 11 is 7.16. The molecule has 4 rings (SSSR count). The number of rotatable bonds is 1. The van der Waals surface area contributed by atoms with Crippen molar-refractivity contribution in [1.29, 1.82) is 0 Å². The van der Waals surface area contributed by atoms with E-state index in [9.17, 15) is 22.8 Å². The number of benzene rings is 1. The minimum atomic E-state index is -4.52. The topological polar surface area (TPSA) is 37.4 Å². The van der Waals surface area contributed by atoms with Gasteiger partial charge in [-0.05, 0) is 36.5 Å². The highest BCUT2D eigenvalue weighted by Crippen LogP contribution is 2.60. The first-order valence-corrected chi connectivity index (χ1v) is 9.38. The van der Waals surface area contributed by atoms with Gasteiger partial charge in [0.2, 0.25) is 11.8 Å². The Bertz CT molecular complexity index is 706. The van der Waals surface area contributed by atoms with Crippen LogP contribution in [0.15, 0.2) is 24.3 Å². The van der Waals surface area contributed by atoms with Crippen LogP contribution in [-0.2, 0) is 15.8 Å². The Labute approximate surface area is 152 Å². The van der Waals surface area contributed by atoms with Gasteiger partial charge >= 0.3 is 6.18 Å². The zero-order valence-electron chi connectivity index (χ0n) is 12.1. The standard InChI is InChI=1S/C16H12Br2F3NO2/c17-12-8-5-9(13(12)18)11-10(8)14(23)22(15(11)24)7-3-1-2-6(4-7)16(19,20)21/h1-4,8-13H,5H2/t8-,9-,10-,11-,12-,13+/m1/s1. The summed E-state index contributed by atoms with van der Waals surface area (Å²) in [6.45, 7) is 0. The lowest BCUT2D eigenvalue weighted by atomic mass is 9.81. The second kappa shape index (κ2) is 5.30. The largest absolute Gasteiger partial charge is 0.416 e. The van der Waals surface area contributed by atoms with Gasteiger partial charge in [-0.25, -0.2) is 0 Å². The third-order valence-corrected chi connectivity index (χ3v) is 8.63. The van der Waals surface area contributed by atoms with E-state index in [1.54, 1.807) is 0 Å². The molecule has 128 valence electrons. The Morgan fingerprint density at radius 3 is 2.04 bits per heavy atom. The van der Waals surface area contributed by atoms with Gasteiger partial charge < -0.3 is 0 Å². The molecule has 1 aliphatic heterocycles. The van der Waals surface area contributed by atoms with Gasteiger partial charge in [-0.1, -0.05) is 37.9 Å². The van der Waals surface area contributed by atoms with Crippen LogP contribution in [0.25, 0.3) is 0 Å². The summed E-state index contributed by atoms with van der Waals surface area (Å²) in [5, 5.41) is 0. The number of amides is 2. The van der Waals surface area contributed by atoms with Crippen molar-refractivity contribution in [3.8, 4) is 0 Å². The van der Waals surface area contributed by atoms with Crippen molar-refractivity contribution in [1.82, 2.24) is 0 Å². The van der Waals surface area contributed by atoms with E-state index >= 15 is 0 Å². The first-order valence-electron chi connectivity index (χ1n) is 7.55. The molecule has 1 saturated heterocycles. The molecule has 3 nitrogen and oxygen atoms in total. The monoisotopic (exact) mass is 465 g/mol. The maximum atomic E-state index is 12.9. The number of carbonyl (C=O) groups excluding carboxylic acids is 2. The van der Waals surface area contributed by atoms with Crippen LogP contribution in [0.2, 0.25) is 0 Å². The van der Waals surface area contributed by atoms with E-state index < -0.39 is 23.6 Å². The lowest BCUT2D eigenvalue weighted by Crippen LogP contribution is -2.37. The number of fused-ring (bicyclic) bond motifs is 5. The molecule has 3 fully saturated rings. The first kappa shape index (κ1) is 16.6. The molecule has 1 aromatic rings. The van der Waals surface area contributed by atoms with E-state index in [1.165, 1.54) is 12.1 Å². The molecule has 2 amide bonds. The van der Waals surface area contributed by atoms with Crippen LogP contribution in [0.4, 0.5) is 18.9 Å². The Morgan fingerprint density at radius 1 is 1.00 bits per heavy atom. The summed E-state index contributed by atoms with van der Waals surface area (Å²) in [5.74, 6) is -1.54. The Hall–Kier alpha value is -0.890. The van der Waals surface area contributed by atoms with E-state index in [1.807, 2.05) is 0 Å². The van der Waals surface area contributed by atoms with Gasteiger partial charge in [0.05, 0.1) is 23.1 Å². The van der Waals surface area contributed by atoms with Gasteiger partial charge in [-0.15, -0.1) is 0 Å². The Morgan fingerprint density at radius 2 is 1.54 bits per heavy atom. The highest BCUT2D eigenvalue weighted by Gasteiger charge is 2.66. The zero-order valence-corrected chi connectivity index (χ0v) is 15.3. The summed E-state index contributed by atoms with van der Waals surface area (Å²) in [6, 6.07) is 4.41. The molecular formula is C16H12Br2F3NO2. The number of hydrogen-bond acceptors (Lipinski definition) is 2. The number of carbonyl (C=O) groups is 2. The predicted molar refractivity (Wildman–Crippen MR) is 87.9 cm³/mol. The second-order valence-electron chi connectivity index (χ2n) is 6.56.